The molecule has 0 bridgehead atoms. The van der Waals surface area contributed by atoms with Gasteiger partial charge < -0.3 is 15.6 Å². The van der Waals surface area contributed by atoms with E-state index >= 15 is 0 Å². The molecular formula is C16H20N4O. The summed E-state index contributed by atoms with van der Waals surface area (Å²) in [4.78, 5) is 21.3. The Bertz CT molecular complexity index is 695. The number of anilines is 1. The van der Waals surface area contributed by atoms with Crippen molar-refractivity contribution in [3.05, 3.63) is 57.6 Å². The van der Waals surface area contributed by atoms with Gasteiger partial charge in [-0.1, -0.05) is 31.2 Å². The minimum absolute atomic E-state index is 0.105. The van der Waals surface area contributed by atoms with E-state index in [-0.39, 0.29) is 11.6 Å². The smallest absolute Gasteiger partial charge is 0.252 e. The molecule has 1 aromatic heterocycles. The molecule has 0 spiro atoms. The third-order valence-corrected chi connectivity index (χ3v) is 4.03. The van der Waals surface area contributed by atoms with E-state index in [4.69, 9.17) is 5.73 Å². The third-order valence-electron chi connectivity index (χ3n) is 4.03. The monoisotopic (exact) mass is 284 g/mol. The van der Waals surface area contributed by atoms with E-state index in [1.807, 2.05) is 13.0 Å². The predicted octanol–water partition coefficient (Wildman–Crippen LogP) is 1.22. The topological polar surface area (TPSA) is 75.0 Å². The first-order chi connectivity index (χ1) is 10.2. The van der Waals surface area contributed by atoms with E-state index in [2.05, 4.69) is 33.1 Å². The molecule has 3 N–H and O–H groups in total. The number of rotatable bonds is 3. The standard InChI is InChI=1S/C16H20N4O/c1-2-14-18-15(8-16(21)19-14)20-10-12-6-4-3-5-11(12)7-13(20)9-17/h3-6,8,13H,2,7,9-10,17H2,1H3,(H,18,19,21). The van der Waals surface area contributed by atoms with Crippen LogP contribution in [0, 0.1) is 0 Å². The Morgan fingerprint density at radius 1 is 1.38 bits per heavy atom. The first-order valence-electron chi connectivity index (χ1n) is 7.35. The van der Waals surface area contributed by atoms with Crippen LogP contribution >= 0.6 is 0 Å². The molecule has 0 saturated heterocycles. The molecule has 2 aromatic rings. The molecule has 0 amide bonds. The molecule has 5 nitrogen and oxygen atoms in total. The number of nitrogens with one attached hydrogen (secondary N) is 1. The van der Waals surface area contributed by atoms with E-state index in [0.29, 0.717) is 18.8 Å². The zero-order valence-electron chi connectivity index (χ0n) is 12.2. The Hall–Kier alpha value is -2.14. The number of aryl methyl sites for hydroxylation is 1. The van der Waals surface area contributed by atoms with Gasteiger partial charge in [0, 0.05) is 31.6 Å². The van der Waals surface area contributed by atoms with E-state index in [1.54, 1.807) is 6.07 Å². The first-order valence-corrected chi connectivity index (χ1v) is 7.35. The van der Waals surface area contributed by atoms with Crippen LogP contribution in [0.1, 0.15) is 23.9 Å². The van der Waals surface area contributed by atoms with Gasteiger partial charge in [-0.2, -0.15) is 0 Å². The van der Waals surface area contributed by atoms with Crippen LogP contribution < -0.4 is 16.2 Å². The average Bonchev–Trinajstić information content (AvgIpc) is 2.52. The van der Waals surface area contributed by atoms with E-state index in [0.717, 1.165) is 18.8 Å². The van der Waals surface area contributed by atoms with Crippen molar-refractivity contribution in [3.63, 3.8) is 0 Å². The lowest BCUT2D eigenvalue weighted by atomic mass is 9.94. The quantitative estimate of drug-likeness (QED) is 0.888. The van der Waals surface area contributed by atoms with Crippen molar-refractivity contribution in [3.8, 4) is 0 Å². The van der Waals surface area contributed by atoms with Crippen LogP contribution in [0.15, 0.2) is 35.1 Å². The summed E-state index contributed by atoms with van der Waals surface area (Å²) in [6.45, 7) is 3.27. The maximum atomic E-state index is 11.8. The molecular weight excluding hydrogens is 264 g/mol. The summed E-state index contributed by atoms with van der Waals surface area (Å²) in [7, 11) is 0. The fourth-order valence-corrected chi connectivity index (χ4v) is 2.87. The van der Waals surface area contributed by atoms with Gasteiger partial charge in [0.15, 0.2) is 0 Å². The lowest BCUT2D eigenvalue weighted by molar-refractivity contribution is 0.554. The molecule has 5 heteroatoms. The molecule has 21 heavy (non-hydrogen) atoms. The minimum Gasteiger partial charge on any atom is -0.347 e. The van der Waals surface area contributed by atoms with Crippen LogP contribution in [0.2, 0.25) is 0 Å². The van der Waals surface area contributed by atoms with Gasteiger partial charge in [0.2, 0.25) is 0 Å². The van der Waals surface area contributed by atoms with Gasteiger partial charge in [-0.05, 0) is 17.5 Å². The van der Waals surface area contributed by atoms with Gasteiger partial charge in [-0.3, -0.25) is 4.79 Å². The normalized spacial score (nSPS) is 17.6. The van der Waals surface area contributed by atoms with Crippen LogP contribution in [0.3, 0.4) is 0 Å². The number of fused-ring (bicyclic) bond motifs is 1. The van der Waals surface area contributed by atoms with Crippen molar-refractivity contribution in [2.45, 2.75) is 32.4 Å². The van der Waals surface area contributed by atoms with Gasteiger partial charge in [-0.15, -0.1) is 0 Å². The van der Waals surface area contributed by atoms with Gasteiger partial charge in [-0.25, -0.2) is 4.98 Å². The number of nitrogens with zero attached hydrogens (tertiary/aromatic N) is 2. The molecule has 1 atom stereocenters. The summed E-state index contributed by atoms with van der Waals surface area (Å²) in [6.07, 6.45) is 1.60. The summed E-state index contributed by atoms with van der Waals surface area (Å²) in [5.74, 6) is 1.44. The predicted molar refractivity (Wildman–Crippen MR) is 83.4 cm³/mol. The highest BCUT2D eigenvalue weighted by molar-refractivity contribution is 5.45. The Labute approximate surface area is 123 Å². The molecule has 0 saturated carbocycles. The second-order valence-electron chi connectivity index (χ2n) is 5.39. The third kappa shape index (κ3) is 2.69. The maximum absolute atomic E-state index is 11.8. The van der Waals surface area contributed by atoms with Crippen molar-refractivity contribution in [1.82, 2.24) is 9.97 Å². The number of aromatic amines is 1. The summed E-state index contributed by atoms with van der Waals surface area (Å²) in [5.41, 5.74) is 8.45. The van der Waals surface area contributed by atoms with Crippen LogP contribution in [-0.2, 0) is 19.4 Å². The van der Waals surface area contributed by atoms with Crippen LogP contribution in [-0.4, -0.2) is 22.6 Å². The summed E-state index contributed by atoms with van der Waals surface area (Å²) in [6, 6.07) is 10.1. The molecule has 3 rings (SSSR count). The number of hydrogen-bond acceptors (Lipinski definition) is 4. The van der Waals surface area contributed by atoms with Gasteiger partial charge >= 0.3 is 0 Å². The van der Waals surface area contributed by atoms with Gasteiger partial charge in [0.25, 0.3) is 5.56 Å². The van der Waals surface area contributed by atoms with E-state index < -0.39 is 0 Å². The first kappa shape index (κ1) is 13.8. The van der Waals surface area contributed by atoms with Crippen LogP contribution in [0.4, 0.5) is 5.82 Å². The SMILES string of the molecule is CCc1nc(N2Cc3ccccc3CC2CN)cc(=O)[nH]1. The molecule has 1 unspecified atom stereocenters. The van der Waals surface area contributed by atoms with Crippen LogP contribution in [0.5, 0.6) is 0 Å². The number of nitrogens with two attached hydrogens (primary N) is 1. The van der Waals surface area contributed by atoms with Crippen molar-refractivity contribution >= 4 is 5.82 Å². The second kappa shape index (κ2) is 5.69. The molecule has 1 aliphatic heterocycles. The molecule has 0 aliphatic carbocycles. The molecule has 2 heterocycles. The molecule has 0 fully saturated rings. The number of H-pyrrole nitrogens is 1. The Morgan fingerprint density at radius 2 is 2.14 bits per heavy atom. The molecule has 0 radical (unpaired) electrons. The Morgan fingerprint density at radius 3 is 2.86 bits per heavy atom. The summed E-state index contributed by atoms with van der Waals surface area (Å²) in [5, 5.41) is 0. The maximum Gasteiger partial charge on any atom is 0.252 e. The van der Waals surface area contributed by atoms with Crippen molar-refractivity contribution < 1.29 is 0 Å². The van der Waals surface area contributed by atoms with Crippen molar-refractivity contribution in [2.75, 3.05) is 11.4 Å². The number of benzene rings is 1. The highest BCUT2D eigenvalue weighted by Crippen LogP contribution is 2.26. The van der Waals surface area contributed by atoms with E-state index in [1.165, 1.54) is 11.1 Å². The number of hydrogen-bond donors (Lipinski definition) is 2. The van der Waals surface area contributed by atoms with Gasteiger partial charge in [0.05, 0.1) is 0 Å². The fourth-order valence-electron chi connectivity index (χ4n) is 2.87. The zero-order chi connectivity index (χ0) is 14.8. The van der Waals surface area contributed by atoms with Crippen molar-refractivity contribution in [1.29, 1.82) is 0 Å². The van der Waals surface area contributed by atoms with E-state index in [9.17, 15) is 4.79 Å². The highest BCUT2D eigenvalue weighted by Gasteiger charge is 2.26. The second-order valence-corrected chi connectivity index (χ2v) is 5.39. The zero-order valence-corrected chi connectivity index (χ0v) is 12.2. The fraction of sp³-hybridized carbons (Fsp3) is 0.375. The molecule has 110 valence electrons. The largest absolute Gasteiger partial charge is 0.347 e. The summed E-state index contributed by atoms with van der Waals surface area (Å²) >= 11 is 0. The molecule has 1 aliphatic rings. The molecule has 1 aromatic carbocycles. The Balaban J connectivity index is 2.01. The average molecular weight is 284 g/mol. The van der Waals surface area contributed by atoms with Crippen LogP contribution in [0.25, 0.3) is 0 Å². The minimum atomic E-state index is -0.105. The van der Waals surface area contributed by atoms with Gasteiger partial charge in [0.1, 0.15) is 11.6 Å². The van der Waals surface area contributed by atoms with Crippen molar-refractivity contribution in [2.24, 2.45) is 5.73 Å². The number of aromatic nitrogens is 2. The lowest BCUT2D eigenvalue weighted by Gasteiger charge is -2.37. The Kier molecular flexibility index (Phi) is 3.75. The summed E-state index contributed by atoms with van der Waals surface area (Å²) < 4.78 is 0. The highest BCUT2D eigenvalue weighted by atomic mass is 16.1. The lowest BCUT2D eigenvalue weighted by Crippen LogP contribution is -2.46.